The summed E-state index contributed by atoms with van der Waals surface area (Å²) in [6.45, 7) is -0.0421. The molecule has 6 heteroatoms. The highest BCUT2D eigenvalue weighted by molar-refractivity contribution is 7.98. The number of para-hydroxylation sites is 2. The zero-order chi connectivity index (χ0) is 17.5. The highest BCUT2D eigenvalue weighted by Gasteiger charge is 2.18. The Balaban J connectivity index is 2.04. The van der Waals surface area contributed by atoms with Crippen molar-refractivity contribution in [3.63, 3.8) is 0 Å². The number of likely N-dealkylation sites (N-methyl/N-ethyl adjacent to an activating group) is 1. The van der Waals surface area contributed by atoms with E-state index in [4.69, 9.17) is 4.74 Å². The van der Waals surface area contributed by atoms with E-state index in [2.05, 4.69) is 5.32 Å². The van der Waals surface area contributed by atoms with Crippen LogP contribution in [0.2, 0.25) is 0 Å². The summed E-state index contributed by atoms with van der Waals surface area (Å²) in [4.78, 5) is 27.1. The van der Waals surface area contributed by atoms with Crippen LogP contribution in [0.15, 0.2) is 53.4 Å². The molecule has 2 rings (SSSR count). The minimum Gasteiger partial charge on any atom is -0.496 e. The topological polar surface area (TPSA) is 58.6 Å². The second-order valence-electron chi connectivity index (χ2n) is 5.11. The molecule has 0 saturated heterocycles. The van der Waals surface area contributed by atoms with Gasteiger partial charge >= 0.3 is 0 Å². The lowest BCUT2D eigenvalue weighted by atomic mass is 10.2. The van der Waals surface area contributed by atoms with Gasteiger partial charge in [-0.25, -0.2) is 0 Å². The third-order valence-corrected chi connectivity index (χ3v) is 4.24. The minimum atomic E-state index is -0.263. The van der Waals surface area contributed by atoms with Gasteiger partial charge < -0.3 is 15.0 Å². The van der Waals surface area contributed by atoms with Crippen molar-refractivity contribution in [1.29, 1.82) is 0 Å². The van der Waals surface area contributed by atoms with Gasteiger partial charge in [0.1, 0.15) is 5.75 Å². The van der Waals surface area contributed by atoms with E-state index in [-0.39, 0.29) is 18.4 Å². The molecule has 0 aliphatic carbocycles. The smallest absolute Gasteiger partial charge is 0.257 e. The standard InChI is InChI=1S/C18H20N2O3S/c1-20(18(22)13-8-4-6-10-15(13)23-2)12-17(21)19-14-9-5-7-11-16(14)24-3/h4-11H,12H2,1-3H3,(H,19,21). The third kappa shape index (κ3) is 4.29. The fraction of sp³-hybridized carbons (Fsp3) is 0.222. The molecule has 0 bridgehead atoms. The molecular weight excluding hydrogens is 324 g/mol. The van der Waals surface area contributed by atoms with Gasteiger partial charge in [-0.05, 0) is 30.5 Å². The number of anilines is 1. The largest absolute Gasteiger partial charge is 0.496 e. The molecule has 0 aliphatic heterocycles. The molecule has 2 amide bonds. The summed E-state index contributed by atoms with van der Waals surface area (Å²) in [7, 11) is 3.10. The van der Waals surface area contributed by atoms with Crippen molar-refractivity contribution >= 4 is 29.3 Å². The molecule has 0 aliphatic rings. The highest BCUT2D eigenvalue weighted by atomic mass is 32.2. The molecule has 0 unspecified atom stereocenters. The second kappa shape index (κ2) is 8.40. The van der Waals surface area contributed by atoms with E-state index in [0.717, 1.165) is 10.6 Å². The molecule has 0 spiro atoms. The van der Waals surface area contributed by atoms with Crippen LogP contribution in [0.4, 0.5) is 5.69 Å². The number of thioether (sulfide) groups is 1. The predicted molar refractivity (Wildman–Crippen MR) is 96.8 cm³/mol. The molecule has 2 aromatic carbocycles. The monoisotopic (exact) mass is 344 g/mol. The number of benzene rings is 2. The number of nitrogens with zero attached hydrogens (tertiary/aromatic N) is 1. The van der Waals surface area contributed by atoms with Crippen molar-refractivity contribution < 1.29 is 14.3 Å². The molecule has 5 nitrogen and oxygen atoms in total. The van der Waals surface area contributed by atoms with Crippen LogP contribution < -0.4 is 10.1 Å². The number of ether oxygens (including phenoxy) is 1. The van der Waals surface area contributed by atoms with Crippen LogP contribution in [-0.4, -0.2) is 43.7 Å². The highest BCUT2D eigenvalue weighted by Crippen LogP contribution is 2.24. The van der Waals surface area contributed by atoms with Crippen molar-refractivity contribution in [1.82, 2.24) is 4.90 Å². The van der Waals surface area contributed by atoms with Crippen molar-refractivity contribution in [2.24, 2.45) is 0 Å². The Morgan fingerprint density at radius 1 is 1.12 bits per heavy atom. The summed E-state index contributed by atoms with van der Waals surface area (Å²) in [5.74, 6) is -0.0227. The van der Waals surface area contributed by atoms with E-state index in [1.54, 1.807) is 43.1 Å². The van der Waals surface area contributed by atoms with Gasteiger partial charge in [0, 0.05) is 11.9 Å². The average molecular weight is 344 g/mol. The average Bonchev–Trinajstić information content (AvgIpc) is 2.61. The number of methoxy groups -OCH3 is 1. The molecule has 2 aromatic rings. The molecular formula is C18H20N2O3S. The second-order valence-corrected chi connectivity index (χ2v) is 5.96. The lowest BCUT2D eigenvalue weighted by Gasteiger charge is -2.18. The van der Waals surface area contributed by atoms with E-state index in [1.165, 1.54) is 12.0 Å². The number of hydrogen-bond donors (Lipinski definition) is 1. The minimum absolute atomic E-state index is 0.0421. The molecule has 0 fully saturated rings. The van der Waals surface area contributed by atoms with Crippen LogP contribution >= 0.6 is 11.8 Å². The fourth-order valence-corrected chi connectivity index (χ4v) is 2.81. The Kier molecular flexibility index (Phi) is 6.26. The van der Waals surface area contributed by atoms with E-state index < -0.39 is 0 Å². The maximum absolute atomic E-state index is 12.5. The van der Waals surface area contributed by atoms with Gasteiger partial charge in [0.25, 0.3) is 5.91 Å². The van der Waals surface area contributed by atoms with Crippen LogP contribution in [0.1, 0.15) is 10.4 Å². The summed E-state index contributed by atoms with van der Waals surface area (Å²) in [6, 6.07) is 14.5. The summed E-state index contributed by atoms with van der Waals surface area (Å²) in [5, 5.41) is 2.84. The number of carbonyl (C=O) groups excluding carboxylic acids is 2. The lowest BCUT2D eigenvalue weighted by Crippen LogP contribution is -2.35. The Morgan fingerprint density at radius 2 is 1.79 bits per heavy atom. The first-order valence-electron chi connectivity index (χ1n) is 7.38. The van der Waals surface area contributed by atoms with E-state index in [9.17, 15) is 9.59 Å². The molecule has 0 heterocycles. The van der Waals surface area contributed by atoms with E-state index in [0.29, 0.717) is 11.3 Å². The maximum Gasteiger partial charge on any atom is 0.257 e. The van der Waals surface area contributed by atoms with Gasteiger partial charge in [0.2, 0.25) is 5.91 Å². The van der Waals surface area contributed by atoms with Gasteiger partial charge in [0.05, 0.1) is 24.9 Å². The van der Waals surface area contributed by atoms with Crippen molar-refractivity contribution in [3.05, 3.63) is 54.1 Å². The summed E-state index contributed by atoms with van der Waals surface area (Å²) in [5.41, 5.74) is 1.17. The molecule has 0 atom stereocenters. The van der Waals surface area contributed by atoms with Gasteiger partial charge in [-0.1, -0.05) is 24.3 Å². The van der Waals surface area contributed by atoms with Gasteiger partial charge in [-0.15, -0.1) is 11.8 Å². The predicted octanol–water partition coefficient (Wildman–Crippen LogP) is 3.13. The molecule has 24 heavy (non-hydrogen) atoms. The van der Waals surface area contributed by atoms with E-state index in [1.807, 2.05) is 30.5 Å². The van der Waals surface area contributed by atoms with E-state index >= 15 is 0 Å². The lowest BCUT2D eigenvalue weighted by molar-refractivity contribution is -0.116. The SMILES string of the molecule is COc1ccccc1C(=O)N(C)CC(=O)Nc1ccccc1SC. The van der Waals surface area contributed by atoms with Crippen LogP contribution in [0.3, 0.4) is 0 Å². The van der Waals surface area contributed by atoms with Crippen molar-refractivity contribution in [2.45, 2.75) is 4.90 Å². The fourth-order valence-electron chi connectivity index (χ4n) is 2.25. The van der Waals surface area contributed by atoms with Crippen LogP contribution in [0, 0.1) is 0 Å². The maximum atomic E-state index is 12.5. The molecule has 0 aromatic heterocycles. The molecule has 1 N–H and O–H groups in total. The zero-order valence-corrected chi connectivity index (χ0v) is 14.7. The number of carbonyl (C=O) groups is 2. The number of nitrogens with one attached hydrogen (secondary N) is 1. The number of rotatable bonds is 6. The Labute approximate surface area is 146 Å². The van der Waals surface area contributed by atoms with Gasteiger partial charge in [0.15, 0.2) is 0 Å². The van der Waals surface area contributed by atoms with Crippen LogP contribution in [-0.2, 0) is 4.79 Å². The normalized spacial score (nSPS) is 10.1. The summed E-state index contributed by atoms with van der Waals surface area (Å²) >= 11 is 1.55. The Bertz CT molecular complexity index is 734. The van der Waals surface area contributed by atoms with Crippen LogP contribution in [0.25, 0.3) is 0 Å². The van der Waals surface area contributed by atoms with Crippen molar-refractivity contribution in [2.75, 3.05) is 32.3 Å². The summed E-state index contributed by atoms with van der Waals surface area (Å²) < 4.78 is 5.20. The Hall–Kier alpha value is -2.47. The number of hydrogen-bond acceptors (Lipinski definition) is 4. The quantitative estimate of drug-likeness (QED) is 0.818. The van der Waals surface area contributed by atoms with Gasteiger partial charge in [-0.2, -0.15) is 0 Å². The third-order valence-electron chi connectivity index (χ3n) is 3.45. The van der Waals surface area contributed by atoms with Crippen LogP contribution in [0.5, 0.6) is 5.75 Å². The van der Waals surface area contributed by atoms with Crippen molar-refractivity contribution in [3.8, 4) is 5.75 Å². The molecule has 126 valence electrons. The Morgan fingerprint density at radius 3 is 2.50 bits per heavy atom. The van der Waals surface area contributed by atoms with Gasteiger partial charge in [-0.3, -0.25) is 9.59 Å². The zero-order valence-electron chi connectivity index (χ0n) is 13.9. The number of amides is 2. The summed E-state index contributed by atoms with van der Waals surface area (Å²) in [6.07, 6.45) is 1.95. The first-order chi connectivity index (χ1) is 11.6. The first kappa shape index (κ1) is 17.9. The first-order valence-corrected chi connectivity index (χ1v) is 8.60. The molecule has 0 radical (unpaired) electrons. The molecule has 0 saturated carbocycles.